The maximum atomic E-state index is 5.95. The van der Waals surface area contributed by atoms with Gasteiger partial charge in [0.05, 0.1) is 14.2 Å². The van der Waals surface area contributed by atoms with Crippen molar-refractivity contribution in [1.29, 1.82) is 0 Å². The molecule has 0 unspecified atom stereocenters. The van der Waals surface area contributed by atoms with Gasteiger partial charge < -0.3 is 14.2 Å². The van der Waals surface area contributed by atoms with Crippen LogP contribution < -0.4 is 14.2 Å². The lowest BCUT2D eigenvalue weighted by Crippen LogP contribution is -2.27. The number of methoxy groups -OCH3 is 2. The lowest BCUT2D eigenvalue weighted by molar-refractivity contribution is 0.159. The summed E-state index contributed by atoms with van der Waals surface area (Å²) in [4.78, 5) is 0. The fourth-order valence-corrected chi connectivity index (χ4v) is 2.62. The molecule has 3 rings (SSSR count). The van der Waals surface area contributed by atoms with Gasteiger partial charge in [-0.15, -0.1) is 0 Å². The van der Waals surface area contributed by atoms with E-state index >= 15 is 0 Å². The standard InChI is InChI=1S/C21H22O3/c1-21(2)10-9-17-11-15(7-8-20(17)24-21)5-6-16-12-18(22-3)14-19(13-16)23-4/h5-14H,1-4H3. The highest BCUT2D eigenvalue weighted by atomic mass is 16.5. The van der Waals surface area contributed by atoms with Crippen molar-refractivity contribution in [2.24, 2.45) is 0 Å². The average Bonchev–Trinajstić information content (AvgIpc) is 2.58. The first-order valence-electron chi connectivity index (χ1n) is 7.92. The van der Waals surface area contributed by atoms with Crippen LogP contribution in [0.2, 0.25) is 0 Å². The molecule has 1 aliphatic rings. The number of hydrogen-bond donors (Lipinski definition) is 0. The molecule has 3 nitrogen and oxygen atoms in total. The molecule has 0 aliphatic carbocycles. The Kier molecular flexibility index (Phi) is 4.34. The maximum Gasteiger partial charge on any atom is 0.127 e. The second-order valence-electron chi connectivity index (χ2n) is 6.32. The Balaban J connectivity index is 1.85. The van der Waals surface area contributed by atoms with E-state index in [1.165, 1.54) is 0 Å². The zero-order chi connectivity index (χ0) is 17.2. The molecule has 0 bridgehead atoms. The fourth-order valence-electron chi connectivity index (χ4n) is 2.62. The second-order valence-corrected chi connectivity index (χ2v) is 6.32. The van der Waals surface area contributed by atoms with Gasteiger partial charge in [-0.2, -0.15) is 0 Å². The minimum absolute atomic E-state index is 0.249. The summed E-state index contributed by atoms with van der Waals surface area (Å²) in [5.74, 6) is 2.47. The van der Waals surface area contributed by atoms with Gasteiger partial charge in [0.25, 0.3) is 0 Å². The van der Waals surface area contributed by atoms with Crippen molar-refractivity contribution < 1.29 is 14.2 Å². The number of benzene rings is 2. The van der Waals surface area contributed by atoms with Crippen LogP contribution in [-0.4, -0.2) is 19.8 Å². The van der Waals surface area contributed by atoms with E-state index < -0.39 is 0 Å². The first kappa shape index (κ1) is 16.2. The van der Waals surface area contributed by atoms with Gasteiger partial charge in [-0.1, -0.05) is 24.3 Å². The van der Waals surface area contributed by atoms with Crippen molar-refractivity contribution >= 4 is 18.2 Å². The summed E-state index contributed by atoms with van der Waals surface area (Å²) in [5.41, 5.74) is 2.99. The number of fused-ring (bicyclic) bond motifs is 1. The summed E-state index contributed by atoms with van der Waals surface area (Å²) >= 11 is 0. The molecule has 124 valence electrons. The first-order valence-corrected chi connectivity index (χ1v) is 7.92. The molecule has 1 heterocycles. The third-order valence-corrected chi connectivity index (χ3v) is 3.91. The Morgan fingerprint density at radius 2 is 1.54 bits per heavy atom. The zero-order valence-electron chi connectivity index (χ0n) is 14.5. The van der Waals surface area contributed by atoms with Gasteiger partial charge in [-0.3, -0.25) is 0 Å². The van der Waals surface area contributed by atoms with Crippen molar-refractivity contribution in [3.05, 3.63) is 59.2 Å². The van der Waals surface area contributed by atoms with Gasteiger partial charge in [0.2, 0.25) is 0 Å². The number of rotatable bonds is 4. The molecule has 0 radical (unpaired) electrons. The summed E-state index contributed by atoms with van der Waals surface area (Å²) in [6.45, 7) is 4.10. The largest absolute Gasteiger partial charge is 0.497 e. The molecule has 0 aromatic heterocycles. The van der Waals surface area contributed by atoms with Crippen molar-refractivity contribution in [3.8, 4) is 17.2 Å². The predicted molar refractivity (Wildman–Crippen MR) is 98.7 cm³/mol. The molecule has 24 heavy (non-hydrogen) atoms. The van der Waals surface area contributed by atoms with Gasteiger partial charge in [-0.05, 0) is 55.3 Å². The van der Waals surface area contributed by atoms with Crippen molar-refractivity contribution in [2.75, 3.05) is 14.2 Å². The van der Waals surface area contributed by atoms with Gasteiger partial charge in [0.15, 0.2) is 0 Å². The van der Waals surface area contributed by atoms with E-state index in [1.807, 2.05) is 30.3 Å². The van der Waals surface area contributed by atoms with Crippen LogP contribution in [0.15, 0.2) is 42.5 Å². The molecule has 1 aliphatic heterocycles. The van der Waals surface area contributed by atoms with Crippen LogP contribution in [0.1, 0.15) is 30.5 Å². The molecule has 0 atom stereocenters. The Morgan fingerprint density at radius 1 is 0.875 bits per heavy atom. The quantitative estimate of drug-likeness (QED) is 0.737. The highest BCUT2D eigenvalue weighted by Gasteiger charge is 2.21. The highest BCUT2D eigenvalue weighted by Crippen LogP contribution is 2.32. The monoisotopic (exact) mass is 322 g/mol. The van der Waals surface area contributed by atoms with Crippen molar-refractivity contribution in [2.45, 2.75) is 19.4 Å². The van der Waals surface area contributed by atoms with Crippen LogP contribution >= 0.6 is 0 Å². The Bertz CT molecular complexity index is 778. The number of hydrogen-bond acceptors (Lipinski definition) is 3. The lowest BCUT2D eigenvalue weighted by atomic mass is 10.0. The van der Waals surface area contributed by atoms with Gasteiger partial charge in [0, 0.05) is 11.6 Å². The normalized spacial score (nSPS) is 15.0. The van der Waals surface area contributed by atoms with Crippen LogP contribution in [0.5, 0.6) is 17.2 Å². The average molecular weight is 322 g/mol. The SMILES string of the molecule is COc1cc(C=Cc2ccc3c(c2)C=CC(C)(C)O3)cc(OC)c1. The van der Waals surface area contributed by atoms with Crippen LogP contribution in [0, 0.1) is 0 Å². The molecule has 0 spiro atoms. The van der Waals surface area contributed by atoms with Gasteiger partial charge in [0.1, 0.15) is 22.8 Å². The summed E-state index contributed by atoms with van der Waals surface area (Å²) in [7, 11) is 3.30. The molecule has 0 amide bonds. The second kappa shape index (κ2) is 6.44. The molecule has 2 aromatic rings. The molecule has 0 N–H and O–H groups in total. The van der Waals surface area contributed by atoms with Crippen LogP contribution in [-0.2, 0) is 0 Å². The first-order chi connectivity index (χ1) is 11.5. The van der Waals surface area contributed by atoms with E-state index in [0.29, 0.717) is 0 Å². The smallest absolute Gasteiger partial charge is 0.127 e. The van der Waals surface area contributed by atoms with Gasteiger partial charge in [-0.25, -0.2) is 0 Å². The van der Waals surface area contributed by atoms with Crippen LogP contribution in [0.3, 0.4) is 0 Å². The van der Waals surface area contributed by atoms with E-state index in [-0.39, 0.29) is 5.60 Å². The Morgan fingerprint density at radius 3 is 2.21 bits per heavy atom. The van der Waals surface area contributed by atoms with E-state index in [1.54, 1.807) is 14.2 Å². The predicted octanol–water partition coefficient (Wildman–Crippen LogP) is 5.06. The number of ether oxygens (including phenoxy) is 3. The van der Waals surface area contributed by atoms with E-state index in [4.69, 9.17) is 14.2 Å². The molecule has 0 fully saturated rings. The summed E-state index contributed by atoms with van der Waals surface area (Å²) in [5, 5.41) is 0. The molecular formula is C21H22O3. The summed E-state index contributed by atoms with van der Waals surface area (Å²) in [6.07, 6.45) is 8.31. The fraction of sp³-hybridized carbons (Fsp3) is 0.238. The lowest BCUT2D eigenvalue weighted by Gasteiger charge is -2.27. The highest BCUT2D eigenvalue weighted by molar-refractivity contribution is 5.74. The maximum absolute atomic E-state index is 5.95. The van der Waals surface area contributed by atoms with E-state index in [2.05, 4.69) is 44.2 Å². The molecule has 3 heteroatoms. The van der Waals surface area contributed by atoms with Gasteiger partial charge >= 0.3 is 0 Å². The third-order valence-electron chi connectivity index (χ3n) is 3.91. The summed E-state index contributed by atoms with van der Waals surface area (Å²) < 4.78 is 16.6. The van der Waals surface area contributed by atoms with E-state index in [0.717, 1.165) is 33.9 Å². The topological polar surface area (TPSA) is 27.7 Å². The minimum Gasteiger partial charge on any atom is -0.497 e. The molecule has 0 saturated carbocycles. The Hall–Kier alpha value is -2.68. The van der Waals surface area contributed by atoms with Crippen molar-refractivity contribution in [1.82, 2.24) is 0 Å². The van der Waals surface area contributed by atoms with Crippen molar-refractivity contribution in [3.63, 3.8) is 0 Å². The van der Waals surface area contributed by atoms with Crippen LogP contribution in [0.4, 0.5) is 0 Å². The molecule has 0 saturated heterocycles. The summed E-state index contributed by atoms with van der Waals surface area (Å²) in [6, 6.07) is 12.0. The van der Waals surface area contributed by atoms with Crippen LogP contribution in [0.25, 0.3) is 18.2 Å². The Labute approximate surface area is 143 Å². The molecule has 2 aromatic carbocycles. The third kappa shape index (κ3) is 3.62. The van der Waals surface area contributed by atoms with E-state index in [9.17, 15) is 0 Å². The minimum atomic E-state index is -0.249. The zero-order valence-corrected chi connectivity index (χ0v) is 14.5. The molecular weight excluding hydrogens is 300 g/mol.